The van der Waals surface area contributed by atoms with Crippen molar-refractivity contribution in [3.63, 3.8) is 0 Å². The Morgan fingerprint density at radius 2 is 1.74 bits per heavy atom. The van der Waals surface area contributed by atoms with Gasteiger partial charge < -0.3 is 10.1 Å². The van der Waals surface area contributed by atoms with E-state index in [1.807, 2.05) is 12.1 Å². The van der Waals surface area contributed by atoms with Gasteiger partial charge in [-0.15, -0.1) is 0 Å². The molecule has 0 aliphatic rings. The lowest BCUT2D eigenvalue weighted by Gasteiger charge is -2.19. The molecule has 0 radical (unpaired) electrons. The normalized spacial score (nSPS) is 13.1. The van der Waals surface area contributed by atoms with Crippen LogP contribution in [0.5, 0.6) is 5.88 Å². The SMILES string of the molecule is CC(NC(=O)c1ccc(C(C)(C)C)cc1)c1cnc(OCC(F)(F)F)cn1. The molecule has 2 aromatic rings. The van der Waals surface area contributed by atoms with E-state index in [0.29, 0.717) is 11.3 Å². The lowest BCUT2D eigenvalue weighted by atomic mass is 9.86. The molecule has 1 heterocycles. The van der Waals surface area contributed by atoms with Gasteiger partial charge in [-0.2, -0.15) is 13.2 Å². The molecular weight excluding hydrogens is 359 g/mol. The molecule has 1 unspecified atom stereocenters. The Morgan fingerprint density at radius 3 is 2.22 bits per heavy atom. The summed E-state index contributed by atoms with van der Waals surface area (Å²) in [5.74, 6) is -0.505. The molecular formula is C19H22F3N3O2. The summed E-state index contributed by atoms with van der Waals surface area (Å²) in [4.78, 5) is 20.1. The van der Waals surface area contributed by atoms with E-state index in [2.05, 4.69) is 40.8 Å². The lowest BCUT2D eigenvalue weighted by molar-refractivity contribution is -0.154. The molecule has 27 heavy (non-hydrogen) atoms. The van der Waals surface area contributed by atoms with Crippen molar-refractivity contribution in [2.24, 2.45) is 0 Å². The van der Waals surface area contributed by atoms with Crippen LogP contribution in [0, 0.1) is 0 Å². The lowest BCUT2D eigenvalue weighted by Crippen LogP contribution is -2.27. The maximum atomic E-state index is 12.4. The van der Waals surface area contributed by atoms with Gasteiger partial charge in [-0.3, -0.25) is 9.78 Å². The fraction of sp³-hybridized carbons (Fsp3) is 0.421. The van der Waals surface area contributed by atoms with E-state index in [9.17, 15) is 18.0 Å². The molecule has 1 amide bonds. The molecule has 2 rings (SSSR count). The number of ether oxygens (including phenoxy) is 1. The zero-order valence-electron chi connectivity index (χ0n) is 15.6. The van der Waals surface area contributed by atoms with Crippen molar-refractivity contribution in [1.82, 2.24) is 15.3 Å². The first kappa shape index (κ1) is 20.7. The molecule has 1 N–H and O–H groups in total. The molecule has 1 atom stereocenters. The molecule has 146 valence electrons. The Balaban J connectivity index is 1.97. The first-order valence-electron chi connectivity index (χ1n) is 8.38. The van der Waals surface area contributed by atoms with Gasteiger partial charge in [-0.1, -0.05) is 32.9 Å². The number of carbonyl (C=O) groups is 1. The summed E-state index contributed by atoms with van der Waals surface area (Å²) < 4.78 is 40.9. The predicted molar refractivity (Wildman–Crippen MR) is 94.6 cm³/mol. The quantitative estimate of drug-likeness (QED) is 0.843. The number of nitrogens with zero attached hydrogens (tertiary/aromatic N) is 2. The average Bonchev–Trinajstić information content (AvgIpc) is 2.59. The van der Waals surface area contributed by atoms with Crippen molar-refractivity contribution in [2.45, 2.75) is 45.3 Å². The molecule has 0 aliphatic carbocycles. The minimum atomic E-state index is -4.44. The maximum absolute atomic E-state index is 12.4. The zero-order valence-corrected chi connectivity index (χ0v) is 15.6. The summed E-state index contributed by atoms with van der Waals surface area (Å²) in [5.41, 5.74) is 2.03. The molecule has 5 nitrogen and oxygen atoms in total. The van der Waals surface area contributed by atoms with Crippen LogP contribution in [0.15, 0.2) is 36.7 Å². The van der Waals surface area contributed by atoms with E-state index in [4.69, 9.17) is 0 Å². The van der Waals surface area contributed by atoms with Crippen molar-refractivity contribution in [3.05, 3.63) is 53.5 Å². The summed E-state index contributed by atoms with van der Waals surface area (Å²) in [6.45, 7) is 6.54. The van der Waals surface area contributed by atoms with E-state index >= 15 is 0 Å². The highest BCUT2D eigenvalue weighted by Crippen LogP contribution is 2.22. The van der Waals surface area contributed by atoms with Crippen molar-refractivity contribution in [1.29, 1.82) is 0 Å². The number of hydrogen-bond donors (Lipinski definition) is 1. The van der Waals surface area contributed by atoms with Crippen molar-refractivity contribution < 1.29 is 22.7 Å². The number of carbonyl (C=O) groups excluding carboxylic acids is 1. The van der Waals surface area contributed by atoms with Crippen LogP contribution in [0.4, 0.5) is 13.2 Å². The number of benzene rings is 1. The Labute approximate surface area is 156 Å². The minimum absolute atomic E-state index is 0.00613. The molecule has 0 fully saturated rings. The predicted octanol–water partition coefficient (Wildman–Crippen LogP) is 4.21. The third-order valence-corrected chi connectivity index (χ3v) is 3.84. The smallest absolute Gasteiger partial charge is 0.422 e. The largest absolute Gasteiger partial charge is 0.467 e. The van der Waals surface area contributed by atoms with Crippen LogP contribution >= 0.6 is 0 Å². The van der Waals surface area contributed by atoms with Gasteiger partial charge in [0.15, 0.2) is 6.61 Å². The third-order valence-electron chi connectivity index (χ3n) is 3.84. The van der Waals surface area contributed by atoms with E-state index in [1.54, 1.807) is 19.1 Å². The second kappa shape index (κ2) is 7.94. The highest BCUT2D eigenvalue weighted by Gasteiger charge is 2.28. The van der Waals surface area contributed by atoms with E-state index < -0.39 is 18.8 Å². The summed E-state index contributed by atoms with van der Waals surface area (Å²) in [6, 6.07) is 6.85. The van der Waals surface area contributed by atoms with Gasteiger partial charge >= 0.3 is 6.18 Å². The molecule has 0 spiro atoms. The van der Waals surface area contributed by atoms with Crippen LogP contribution in [0.25, 0.3) is 0 Å². The van der Waals surface area contributed by atoms with Crippen molar-refractivity contribution in [3.8, 4) is 5.88 Å². The molecule has 0 aliphatic heterocycles. The number of amides is 1. The summed E-state index contributed by atoms with van der Waals surface area (Å²) >= 11 is 0. The van der Waals surface area contributed by atoms with E-state index in [-0.39, 0.29) is 17.2 Å². The highest BCUT2D eigenvalue weighted by molar-refractivity contribution is 5.94. The van der Waals surface area contributed by atoms with Gasteiger partial charge in [0.25, 0.3) is 5.91 Å². The van der Waals surface area contributed by atoms with Crippen LogP contribution in [0.1, 0.15) is 55.4 Å². The Bertz CT molecular complexity index is 767. The first-order chi connectivity index (χ1) is 12.5. The Hall–Kier alpha value is -2.64. The van der Waals surface area contributed by atoms with Crippen molar-refractivity contribution >= 4 is 5.91 Å². The molecule has 0 saturated heterocycles. The molecule has 8 heteroatoms. The van der Waals surface area contributed by atoms with Gasteiger partial charge in [-0.25, -0.2) is 4.98 Å². The molecule has 1 aromatic heterocycles. The number of rotatable bonds is 5. The topological polar surface area (TPSA) is 64.1 Å². The van der Waals surface area contributed by atoms with Gasteiger partial charge in [0.2, 0.25) is 5.88 Å². The average molecular weight is 381 g/mol. The van der Waals surface area contributed by atoms with Gasteiger partial charge in [-0.05, 0) is 30.0 Å². The second-order valence-corrected chi connectivity index (χ2v) is 7.21. The van der Waals surface area contributed by atoms with Crippen LogP contribution in [-0.4, -0.2) is 28.7 Å². The zero-order chi connectivity index (χ0) is 20.2. The maximum Gasteiger partial charge on any atom is 0.422 e. The molecule has 0 bridgehead atoms. The fourth-order valence-electron chi connectivity index (χ4n) is 2.26. The van der Waals surface area contributed by atoms with Crippen LogP contribution in [-0.2, 0) is 5.41 Å². The summed E-state index contributed by atoms with van der Waals surface area (Å²) in [5, 5.41) is 2.78. The summed E-state index contributed by atoms with van der Waals surface area (Å²) in [6.07, 6.45) is -2.06. The van der Waals surface area contributed by atoms with Crippen molar-refractivity contribution in [2.75, 3.05) is 6.61 Å². The van der Waals surface area contributed by atoms with E-state index in [1.165, 1.54) is 6.20 Å². The van der Waals surface area contributed by atoms with Crippen LogP contribution in [0.2, 0.25) is 0 Å². The number of halogens is 3. The fourth-order valence-corrected chi connectivity index (χ4v) is 2.26. The number of aromatic nitrogens is 2. The first-order valence-corrected chi connectivity index (χ1v) is 8.38. The standard InChI is InChI=1S/C19H22F3N3O2/c1-12(15-9-24-16(10-23-15)27-11-19(20,21)22)25-17(26)13-5-7-14(8-6-13)18(2,3)4/h5-10,12H,11H2,1-4H3,(H,25,26). The monoisotopic (exact) mass is 381 g/mol. The summed E-state index contributed by atoms with van der Waals surface area (Å²) in [7, 11) is 0. The Kier molecular flexibility index (Phi) is 6.08. The van der Waals surface area contributed by atoms with Gasteiger partial charge in [0, 0.05) is 5.56 Å². The number of alkyl halides is 3. The third kappa shape index (κ3) is 6.23. The molecule has 0 saturated carbocycles. The van der Waals surface area contributed by atoms with Crippen LogP contribution in [0.3, 0.4) is 0 Å². The van der Waals surface area contributed by atoms with Gasteiger partial charge in [0.1, 0.15) is 0 Å². The van der Waals surface area contributed by atoms with Gasteiger partial charge in [0.05, 0.1) is 24.1 Å². The minimum Gasteiger partial charge on any atom is -0.467 e. The highest BCUT2D eigenvalue weighted by atomic mass is 19.4. The Morgan fingerprint density at radius 1 is 1.11 bits per heavy atom. The van der Waals surface area contributed by atoms with E-state index in [0.717, 1.165) is 11.8 Å². The number of hydrogen-bond acceptors (Lipinski definition) is 4. The molecule has 1 aromatic carbocycles. The number of nitrogens with one attached hydrogen (secondary N) is 1. The van der Waals surface area contributed by atoms with Crippen LogP contribution < -0.4 is 10.1 Å². The second-order valence-electron chi connectivity index (χ2n) is 7.21.